The third-order valence-corrected chi connectivity index (χ3v) is 5.05. The molecular formula is C14H18N4OS. The van der Waals surface area contributed by atoms with Crippen LogP contribution >= 0.6 is 11.3 Å². The Kier molecular flexibility index (Phi) is 3.90. The Hall–Kier alpha value is -1.58. The van der Waals surface area contributed by atoms with Gasteiger partial charge in [-0.25, -0.2) is 4.79 Å². The maximum atomic E-state index is 12.2. The normalized spacial score (nSPS) is 18.2. The molecule has 1 aromatic heterocycles. The van der Waals surface area contributed by atoms with Crippen molar-refractivity contribution in [2.24, 2.45) is 0 Å². The van der Waals surface area contributed by atoms with E-state index in [1.54, 1.807) is 0 Å². The first-order valence-corrected chi connectivity index (χ1v) is 7.92. The van der Waals surface area contributed by atoms with Crippen LogP contribution in [0.25, 0.3) is 0 Å². The molecule has 3 heterocycles. The third kappa shape index (κ3) is 2.51. The minimum Gasteiger partial charge on any atom is -0.325 e. The van der Waals surface area contributed by atoms with Gasteiger partial charge in [-0.15, -0.1) is 11.3 Å². The van der Waals surface area contributed by atoms with Crippen LogP contribution in [0.15, 0.2) is 0 Å². The molecule has 2 amide bonds. The Morgan fingerprint density at radius 3 is 2.90 bits per heavy atom. The number of carbonyl (C=O) groups is 1. The first-order chi connectivity index (χ1) is 9.79. The van der Waals surface area contributed by atoms with Gasteiger partial charge in [0.25, 0.3) is 0 Å². The van der Waals surface area contributed by atoms with Crippen molar-refractivity contribution in [2.45, 2.75) is 32.2 Å². The van der Waals surface area contributed by atoms with Crippen LogP contribution in [0, 0.1) is 11.3 Å². The molecule has 3 rings (SSSR count). The lowest BCUT2D eigenvalue weighted by Crippen LogP contribution is -2.38. The van der Waals surface area contributed by atoms with E-state index >= 15 is 0 Å². The van der Waals surface area contributed by atoms with E-state index in [1.165, 1.54) is 22.6 Å². The fourth-order valence-electron chi connectivity index (χ4n) is 2.81. The smallest absolute Gasteiger partial charge is 0.322 e. The molecule has 0 saturated carbocycles. The number of hydrogen-bond donors (Lipinski definition) is 2. The van der Waals surface area contributed by atoms with Crippen LogP contribution in [-0.2, 0) is 13.0 Å². The van der Waals surface area contributed by atoms with E-state index in [-0.39, 0.29) is 6.03 Å². The SMILES string of the molecule is N#Cc1c(NC(=O)N2CCCCC2)sc2c1CCNC2. The number of amides is 2. The maximum absolute atomic E-state index is 12.2. The molecular weight excluding hydrogens is 272 g/mol. The number of piperidine rings is 1. The monoisotopic (exact) mass is 290 g/mol. The highest BCUT2D eigenvalue weighted by molar-refractivity contribution is 7.16. The predicted molar refractivity (Wildman–Crippen MR) is 78.9 cm³/mol. The molecule has 0 aliphatic carbocycles. The van der Waals surface area contributed by atoms with E-state index in [0.717, 1.165) is 56.0 Å². The predicted octanol–water partition coefficient (Wildman–Crippen LogP) is 2.28. The Balaban J connectivity index is 1.78. The van der Waals surface area contributed by atoms with Gasteiger partial charge in [-0.1, -0.05) is 0 Å². The Bertz CT molecular complexity index is 554. The lowest BCUT2D eigenvalue weighted by molar-refractivity contribution is 0.200. The number of anilines is 1. The van der Waals surface area contributed by atoms with Gasteiger partial charge in [0.15, 0.2) is 0 Å². The van der Waals surface area contributed by atoms with E-state index in [9.17, 15) is 10.1 Å². The second-order valence-corrected chi connectivity index (χ2v) is 6.33. The Labute approximate surface area is 122 Å². The number of hydrogen-bond acceptors (Lipinski definition) is 4. The number of urea groups is 1. The molecule has 20 heavy (non-hydrogen) atoms. The molecule has 1 fully saturated rings. The highest BCUT2D eigenvalue weighted by atomic mass is 32.1. The van der Waals surface area contributed by atoms with E-state index in [1.807, 2.05) is 4.90 Å². The molecule has 106 valence electrons. The van der Waals surface area contributed by atoms with Crippen molar-refractivity contribution in [2.75, 3.05) is 25.0 Å². The van der Waals surface area contributed by atoms with Gasteiger partial charge in [0.1, 0.15) is 11.1 Å². The topological polar surface area (TPSA) is 68.2 Å². The van der Waals surface area contributed by atoms with Crippen molar-refractivity contribution < 1.29 is 4.79 Å². The third-order valence-electron chi connectivity index (χ3n) is 3.90. The van der Waals surface area contributed by atoms with Gasteiger partial charge in [0, 0.05) is 24.5 Å². The van der Waals surface area contributed by atoms with Gasteiger partial charge < -0.3 is 10.2 Å². The second kappa shape index (κ2) is 5.81. The summed E-state index contributed by atoms with van der Waals surface area (Å²) in [6.07, 6.45) is 4.22. The highest BCUT2D eigenvalue weighted by Crippen LogP contribution is 2.35. The molecule has 0 spiro atoms. The van der Waals surface area contributed by atoms with Gasteiger partial charge in [-0.3, -0.25) is 5.32 Å². The minimum absolute atomic E-state index is 0.0623. The molecule has 6 heteroatoms. The number of carbonyl (C=O) groups excluding carboxylic acids is 1. The number of thiophene rings is 1. The average Bonchev–Trinajstić information content (AvgIpc) is 2.85. The number of nitriles is 1. The molecule has 2 N–H and O–H groups in total. The van der Waals surface area contributed by atoms with Gasteiger partial charge in [0.05, 0.1) is 5.56 Å². The number of rotatable bonds is 1. The quantitative estimate of drug-likeness (QED) is 0.834. The minimum atomic E-state index is -0.0623. The summed E-state index contributed by atoms with van der Waals surface area (Å²) in [6, 6.07) is 2.20. The first kappa shape index (κ1) is 13.4. The molecule has 0 aromatic carbocycles. The van der Waals surface area contributed by atoms with Crippen LogP contribution in [0.4, 0.5) is 9.80 Å². The van der Waals surface area contributed by atoms with Crippen LogP contribution in [0.1, 0.15) is 35.3 Å². The largest absolute Gasteiger partial charge is 0.325 e. The van der Waals surface area contributed by atoms with Gasteiger partial charge in [-0.2, -0.15) is 5.26 Å². The van der Waals surface area contributed by atoms with Crippen molar-refractivity contribution in [1.82, 2.24) is 10.2 Å². The van der Waals surface area contributed by atoms with Crippen molar-refractivity contribution >= 4 is 22.4 Å². The van der Waals surface area contributed by atoms with E-state index < -0.39 is 0 Å². The number of nitrogens with zero attached hydrogens (tertiary/aromatic N) is 2. The van der Waals surface area contributed by atoms with Crippen LogP contribution in [0.2, 0.25) is 0 Å². The summed E-state index contributed by atoms with van der Waals surface area (Å²) >= 11 is 1.54. The molecule has 5 nitrogen and oxygen atoms in total. The standard InChI is InChI=1S/C14H18N4OS/c15-8-11-10-4-5-16-9-12(10)20-13(11)17-14(19)18-6-2-1-3-7-18/h16H,1-7,9H2,(H,17,19). The Morgan fingerprint density at radius 1 is 1.35 bits per heavy atom. The summed E-state index contributed by atoms with van der Waals surface area (Å²) in [6.45, 7) is 3.34. The molecule has 0 unspecified atom stereocenters. The van der Waals surface area contributed by atoms with Crippen molar-refractivity contribution in [3.63, 3.8) is 0 Å². The number of likely N-dealkylation sites (tertiary alicyclic amines) is 1. The van der Waals surface area contributed by atoms with Crippen molar-refractivity contribution in [3.8, 4) is 6.07 Å². The fourth-order valence-corrected chi connectivity index (χ4v) is 3.97. The van der Waals surface area contributed by atoms with E-state index in [4.69, 9.17) is 0 Å². The van der Waals surface area contributed by atoms with Crippen LogP contribution in [0.3, 0.4) is 0 Å². The zero-order valence-corrected chi connectivity index (χ0v) is 12.2. The fraction of sp³-hybridized carbons (Fsp3) is 0.571. The van der Waals surface area contributed by atoms with Crippen LogP contribution in [-0.4, -0.2) is 30.6 Å². The molecule has 0 radical (unpaired) electrons. The summed E-state index contributed by atoms with van der Waals surface area (Å²) in [5, 5.41) is 16.3. The maximum Gasteiger partial charge on any atom is 0.322 e. The van der Waals surface area contributed by atoms with Gasteiger partial charge in [0.2, 0.25) is 0 Å². The zero-order valence-electron chi connectivity index (χ0n) is 11.4. The molecule has 1 aromatic rings. The summed E-state index contributed by atoms with van der Waals surface area (Å²) < 4.78 is 0. The molecule has 2 aliphatic rings. The van der Waals surface area contributed by atoms with Crippen molar-refractivity contribution in [1.29, 1.82) is 5.26 Å². The van der Waals surface area contributed by atoms with E-state index in [2.05, 4.69) is 16.7 Å². The van der Waals surface area contributed by atoms with E-state index in [0.29, 0.717) is 5.56 Å². The van der Waals surface area contributed by atoms with Crippen LogP contribution in [0.5, 0.6) is 0 Å². The summed E-state index contributed by atoms with van der Waals surface area (Å²) in [7, 11) is 0. The van der Waals surface area contributed by atoms with Crippen LogP contribution < -0.4 is 10.6 Å². The molecule has 1 saturated heterocycles. The number of fused-ring (bicyclic) bond motifs is 1. The number of nitrogens with one attached hydrogen (secondary N) is 2. The molecule has 0 atom stereocenters. The highest BCUT2D eigenvalue weighted by Gasteiger charge is 2.23. The average molecular weight is 290 g/mol. The lowest BCUT2D eigenvalue weighted by Gasteiger charge is -2.26. The molecule has 0 bridgehead atoms. The molecule has 2 aliphatic heterocycles. The zero-order chi connectivity index (χ0) is 13.9. The summed E-state index contributed by atoms with van der Waals surface area (Å²) in [4.78, 5) is 15.3. The second-order valence-electron chi connectivity index (χ2n) is 5.22. The summed E-state index contributed by atoms with van der Waals surface area (Å²) in [5.74, 6) is 0. The van der Waals surface area contributed by atoms with Gasteiger partial charge in [-0.05, 0) is 37.8 Å². The first-order valence-electron chi connectivity index (χ1n) is 7.11. The Morgan fingerprint density at radius 2 is 2.15 bits per heavy atom. The van der Waals surface area contributed by atoms with Gasteiger partial charge >= 0.3 is 6.03 Å². The summed E-state index contributed by atoms with van der Waals surface area (Å²) in [5.41, 5.74) is 1.78. The van der Waals surface area contributed by atoms with Crippen molar-refractivity contribution in [3.05, 3.63) is 16.0 Å². The lowest BCUT2D eigenvalue weighted by atomic mass is 10.1.